The molecule has 1 unspecified atom stereocenters. The zero-order valence-corrected chi connectivity index (χ0v) is 38.2. The number of aromatic nitrogens is 2. The number of fused-ring (bicyclic) bond motifs is 4. The number of benzene rings is 1. The maximum Gasteiger partial charge on any atom is 0.408 e. The fourth-order valence-electron chi connectivity index (χ4n) is 10.2. The maximum absolute atomic E-state index is 14.8. The SMILES string of the molecule is CC(C)Nc1nc(-c2cc(O[C@@H]3C[C@H]4C(=O)N[C@]5(C(=O)O)C[C@@H]5CCCCCCC[C@H](NC(=O)OC5C[C@@H]6C[C@@H]6C5)C(=O)N4C3)c3ccc(OCCN4CCOCC4)c(Cl)c3n2)cs1. The van der Waals surface area contributed by atoms with Crippen molar-refractivity contribution in [1.82, 2.24) is 30.4 Å². The molecule has 6 fully saturated rings. The number of aliphatic carboxylic acids is 1. The van der Waals surface area contributed by atoms with Gasteiger partial charge in [-0.3, -0.25) is 14.5 Å². The average Bonchev–Trinajstić information content (AvgIpc) is 3.92. The molecule has 18 heteroatoms. The van der Waals surface area contributed by atoms with Crippen LogP contribution >= 0.6 is 22.9 Å². The van der Waals surface area contributed by atoms with Gasteiger partial charge < -0.3 is 44.9 Å². The van der Waals surface area contributed by atoms with Gasteiger partial charge in [-0.25, -0.2) is 19.6 Å². The molecule has 3 aliphatic heterocycles. The molecule has 4 N–H and O–H groups in total. The molecule has 8 atom stereocenters. The summed E-state index contributed by atoms with van der Waals surface area (Å²) in [5.41, 5.74) is 0.170. The molecular weight excluding hydrogens is 862 g/mol. The fraction of sp³-hybridized carbons (Fsp3) is 0.652. The molecule has 0 bridgehead atoms. The molecule has 1 aromatic carbocycles. The van der Waals surface area contributed by atoms with Crippen molar-refractivity contribution in [3.05, 3.63) is 28.6 Å². The molecule has 0 radical (unpaired) electrons. The number of carboxylic acids is 1. The quantitative estimate of drug-likeness (QED) is 0.154. The summed E-state index contributed by atoms with van der Waals surface area (Å²) in [5.74, 6) is -0.124. The summed E-state index contributed by atoms with van der Waals surface area (Å²) in [5, 5.41) is 23.1. The first-order valence-corrected chi connectivity index (χ1v) is 24.5. The number of hydrogen-bond donors (Lipinski definition) is 4. The van der Waals surface area contributed by atoms with Crippen LogP contribution in [0.4, 0.5) is 9.93 Å². The molecule has 16 nitrogen and oxygen atoms in total. The van der Waals surface area contributed by atoms with Crippen LogP contribution in [-0.2, 0) is 23.9 Å². The average molecular weight is 923 g/mol. The molecule has 3 saturated carbocycles. The molecule has 0 spiro atoms. The zero-order chi connectivity index (χ0) is 44.5. The van der Waals surface area contributed by atoms with Gasteiger partial charge in [-0.2, -0.15) is 0 Å². The van der Waals surface area contributed by atoms with Crippen molar-refractivity contribution in [2.24, 2.45) is 17.8 Å². The summed E-state index contributed by atoms with van der Waals surface area (Å²) >= 11 is 8.57. The third-order valence-electron chi connectivity index (χ3n) is 13.9. The van der Waals surface area contributed by atoms with Gasteiger partial charge in [0.1, 0.15) is 58.7 Å². The van der Waals surface area contributed by atoms with E-state index in [-0.39, 0.29) is 31.0 Å². The molecule has 3 saturated heterocycles. The predicted molar refractivity (Wildman–Crippen MR) is 241 cm³/mol. The smallest absolute Gasteiger partial charge is 0.408 e. The Morgan fingerprint density at radius 2 is 1.77 bits per heavy atom. The fourth-order valence-corrected chi connectivity index (χ4v) is 11.3. The Morgan fingerprint density at radius 3 is 2.53 bits per heavy atom. The number of morpholine rings is 1. The Labute approximate surface area is 382 Å². The minimum Gasteiger partial charge on any atom is -0.491 e. The van der Waals surface area contributed by atoms with Crippen molar-refractivity contribution in [3.8, 4) is 22.9 Å². The maximum atomic E-state index is 14.8. The van der Waals surface area contributed by atoms with Crippen LogP contribution in [0.25, 0.3) is 22.3 Å². The number of anilines is 1. The van der Waals surface area contributed by atoms with Gasteiger partial charge in [0.15, 0.2) is 5.13 Å². The van der Waals surface area contributed by atoms with Crippen molar-refractivity contribution in [1.29, 1.82) is 0 Å². The van der Waals surface area contributed by atoms with E-state index in [4.69, 9.17) is 40.5 Å². The van der Waals surface area contributed by atoms with Crippen molar-refractivity contribution in [2.45, 2.75) is 127 Å². The van der Waals surface area contributed by atoms with E-state index in [0.717, 1.165) is 56.7 Å². The van der Waals surface area contributed by atoms with E-state index in [0.29, 0.717) is 103 Å². The number of rotatable bonds is 12. The monoisotopic (exact) mass is 921 g/mol. The van der Waals surface area contributed by atoms with Gasteiger partial charge >= 0.3 is 12.1 Å². The first-order chi connectivity index (χ1) is 30.9. The van der Waals surface area contributed by atoms with Gasteiger partial charge in [0.25, 0.3) is 0 Å². The highest BCUT2D eigenvalue weighted by atomic mass is 35.5. The summed E-state index contributed by atoms with van der Waals surface area (Å²) in [6.07, 6.45) is 7.07. The number of pyridine rings is 1. The van der Waals surface area contributed by atoms with Crippen molar-refractivity contribution >= 4 is 62.8 Å². The number of alkyl carbamates (subject to hydrolysis) is 1. The molecule has 64 heavy (non-hydrogen) atoms. The second kappa shape index (κ2) is 19.2. The number of amides is 3. The van der Waals surface area contributed by atoms with Crippen LogP contribution in [-0.4, -0.2) is 131 Å². The lowest BCUT2D eigenvalue weighted by Gasteiger charge is -2.29. The van der Waals surface area contributed by atoms with Crippen molar-refractivity contribution in [2.75, 3.05) is 51.3 Å². The van der Waals surface area contributed by atoms with Gasteiger partial charge in [-0.1, -0.05) is 43.7 Å². The second-order valence-corrected chi connectivity index (χ2v) is 20.1. The standard InChI is InChI=1S/C46H60ClN7O9S/c1-26(2)48-44-50-35(25-64-44)34-22-38(32-10-11-37(39(47)40(32)49-34)61-17-14-53-12-15-60-16-13-53)62-31-21-36-41(55)52-46(43(57)58)23-29(46)8-6-4-3-5-7-9-33(42(56)54(36)24-31)51-45(59)63-30-19-27-18-28(27)20-30/h10-11,22,25-31,33,36H,3-9,12-21,23-24H2,1-2H3,(H,48,50)(H,51,59)(H,52,55)(H,57,58)/t27-,28+,29-,30?,31+,33-,36-,46+/m0/s1. The van der Waals surface area contributed by atoms with Gasteiger partial charge in [-0.15, -0.1) is 11.3 Å². The minimum absolute atomic E-state index is 0.00834. The van der Waals surface area contributed by atoms with E-state index >= 15 is 0 Å². The minimum atomic E-state index is -1.39. The first-order valence-electron chi connectivity index (χ1n) is 23.2. The summed E-state index contributed by atoms with van der Waals surface area (Å²) < 4.78 is 24.4. The highest BCUT2D eigenvalue weighted by Crippen LogP contribution is 2.52. The second-order valence-electron chi connectivity index (χ2n) is 18.9. The number of carboxylic acid groups (broad SMARTS) is 1. The summed E-state index contributed by atoms with van der Waals surface area (Å²) in [4.78, 5) is 68.9. The molecule has 9 rings (SSSR count). The van der Waals surface area contributed by atoms with Crippen LogP contribution in [0.2, 0.25) is 5.02 Å². The number of carbonyl (C=O) groups is 4. The van der Waals surface area contributed by atoms with E-state index in [1.165, 1.54) is 22.7 Å². The van der Waals surface area contributed by atoms with E-state index in [9.17, 15) is 24.3 Å². The molecule has 5 heterocycles. The topological polar surface area (TPSA) is 194 Å². The normalized spacial score (nSPS) is 29.8. The van der Waals surface area contributed by atoms with Gasteiger partial charge in [0.05, 0.1) is 31.0 Å². The Morgan fingerprint density at radius 1 is 1.00 bits per heavy atom. The number of thiazole rings is 1. The summed E-state index contributed by atoms with van der Waals surface area (Å²) in [7, 11) is 0. The molecule has 346 valence electrons. The third kappa shape index (κ3) is 10.0. The summed E-state index contributed by atoms with van der Waals surface area (Å²) in [6.45, 7) is 8.25. The van der Waals surface area contributed by atoms with E-state index < -0.39 is 47.6 Å². The number of nitrogens with one attached hydrogen (secondary N) is 3. The Hall–Kier alpha value is -4.45. The molecule has 3 amide bonds. The van der Waals surface area contributed by atoms with Crippen LogP contribution in [0.1, 0.15) is 90.9 Å². The van der Waals surface area contributed by atoms with Gasteiger partial charge in [0, 0.05) is 48.9 Å². The highest BCUT2D eigenvalue weighted by molar-refractivity contribution is 7.14. The van der Waals surface area contributed by atoms with Crippen LogP contribution in [0.5, 0.6) is 11.5 Å². The van der Waals surface area contributed by atoms with Crippen LogP contribution in [0.15, 0.2) is 23.6 Å². The van der Waals surface area contributed by atoms with Gasteiger partial charge in [0.2, 0.25) is 11.8 Å². The number of nitrogens with zero attached hydrogens (tertiary/aromatic N) is 4. The van der Waals surface area contributed by atoms with E-state index in [2.05, 4.69) is 20.9 Å². The molecule has 2 aromatic heterocycles. The zero-order valence-electron chi connectivity index (χ0n) is 36.7. The lowest BCUT2D eigenvalue weighted by Crippen LogP contribution is -2.56. The Bertz CT molecular complexity index is 2210. The largest absolute Gasteiger partial charge is 0.491 e. The van der Waals surface area contributed by atoms with E-state index in [1.807, 2.05) is 25.3 Å². The lowest BCUT2D eigenvalue weighted by atomic mass is 10.0. The first kappa shape index (κ1) is 44.7. The molecule has 3 aromatic rings. The number of halogens is 1. The molecule has 6 aliphatic rings. The van der Waals surface area contributed by atoms with Crippen molar-refractivity contribution < 1.29 is 43.2 Å². The summed E-state index contributed by atoms with van der Waals surface area (Å²) in [6, 6.07) is 3.59. The van der Waals surface area contributed by atoms with Crippen molar-refractivity contribution in [3.63, 3.8) is 0 Å². The molecule has 3 aliphatic carbocycles. The predicted octanol–water partition coefficient (Wildman–Crippen LogP) is 6.49. The lowest BCUT2D eigenvalue weighted by molar-refractivity contribution is -0.146. The number of carbonyl (C=O) groups excluding carboxylic acids is 3. The van der Waals surface area contributed by atoms with Crippen LogP contribution < -0.4 is 25.4 Å². The third-order valence-corrected chi connectivity index (χ3v) is 15.0. The Balaban J connectivity index is 1.01. The number of ether oxygens (including phenoxy) is 4. The van der Waals surface area contributed by atoms with Crippen LogP contribution in [0, 0.1) is 17.8 Å². The highest BCUT2D eigenvalue weighted by Gasteiger charge is 2.62. The van der Waals surface area contributed by atoms with E-state index in [1.54, 1.807) is 12.1 Å². The Kier molecular flexibility index (Phi) is 13.4. The molecular formula is C46H60ClN7O9S. The van der Waals surface area contributed by atoms with Gasteiger partial charge in [-0.05, 0) is 82.3 Å². The van der Waals surface area contributed by atoms with Crippen LogP contribution in [0.3, 0.4) is 0 Å². The number of hydrogen-bond acceptors (Lipinski definition) is 13.